The topological polar surface area (TPSA) is 67.2 Å². The summed E-state index contributed by atoms with van der Waals surface area (Å²) in [6, 6.07) is 11.7. The number of benzene rings is 2. The van der Waals surface area contributed by atoms with E-state index in [1.54, 1.807) is 24.3 Å². The fourth-order valence-electron chi connectivity index (χ4n) is 2.54. The molecule has 1 N–H and O–H groups in total. The minimum absolute atomic E-state index is 0.0470. The van der Waals surface area contributed by atoms with E-state index in [0.29, 0.717) is 22.3 Å². The molecule has 3 aromatic rings. The van der Waals surface area contributed by atoms with Crippen LogP contribution in [0.3, 0.4) is 0 Å². The molecule has 6 nitrogen and oxygen atoms in total. The van der Waals surface area contributed by atoms with E-state index in [4.69, 9.17) is 0 Å². The van der Waals surface area contributed by atoms with Crippen molar-refractivity contribution in [3.05, 3.63) is 59.8 Å². The number of hydrogen-bond donors (Lipinski definition) is 1. The summed E-state index contributed by atoms with van der Waals surface area (Å²) < 4.78 is 67.1. The first-order valence-corrected chi connectivity index (χ1v) is 9.35. The highest BCUT2D eigenvalue weighted by atomic mass is 32.2. The third kappa shape index (κ3) is 3.97. The fraction of sp³-hybridized carbons (Fsp3) is 0.235. The summed E-state index contributed by atoms with van der Waals surface area (Å²) in [7, 11) is -0.825. The lowest BCUT2D eigenvalue weighted by atomic mass is 10.2. The molecule has 27 heavy (non-hydrogen) atoms. The lowest BCUT2D eigenvalue weighted by Gasteiger charge is -2.11. The molecule has 0 unspecified atom stereocenters. The Morgan fingerprint density at radius 2 is 1.70 bits per heavy atom. The summed E-state index contributed by atoms with van der Waals surface area (Å²) in [5.41, 5.74) is 0.829. The summed E-state index contributed by atoms with van der Waals surface area (Å²) in [4.78, 5) is 0. The van der Waals surface area contributed by atoms with Crippen LogP contribution < -0.4 is 4.72 Å². The summed E-state index contributed by atoms with van der Waals surface area (Å²) in [5.74, 6) is 0. The van der Waals surface area contributed by atoms with Crippen LogP contribution in [0.1, 0.15) is 11.3 Å². The number of aromatic nitrogens is 2. The van der Waals surface area contributed by atoms with E-state index in [1.165, 1.54) is 30.9 Å². The molecule has 0 spiro atoms. The van der Waals surface area contributed by atoms with Gasteiger partial charge in [0.25, 0.3) is 10.2 Å². The van der Waals surface area contributed by atoms with Crippen LogP contribution in [0.4, 0.5) is 13.2 Å². The van der Waals surface area contributed by atoms with Crippen molar-refractivity contribution in [2.45, 2.75) is 12.7 Å². The molecular weight excluding hydrogens is 381 g/mol. The zero-order chi connectivity index (χ0) is 19.8. The van der Waals surface area contributed by atoms with Crippen LogP contribution in [0.5, 0.6) is 0 Å². The molecule has 0 radical (unpaired) electrons. The Hall–Kier alpha value is -2.43. The number of nitrogens with one attached hydrogen (secondary N) is 1. The zero-order valence-corrected chi connectivity index (χ0v) is 15.3. The van der Waals surface area contributed by atoms with Crippen LogP contribution in [-0.4, -0.2) is 36.6 Å². The van der Waals surface area contributed by atoms with Crippen LogP contribution in [0.25, 0.3) is 16.6 Å². The van der Waals surface area contributed by atoms with Gasteiger partial charge < -0.3 is 0 Å². The zero-order valence-electron chi connectivity index (χ0n) is 14.5. The number of alkyl halides is 3. The van der Waals surface area contributed by atoms with Gasteiger partial charge in [0.05, 0.1) is 29.0 Å². The van der Waals surface area contributed by atoms with E-state index in [-0.39, 0.29) is 6.54 Å². The van der Waals surface area contributed by atoms with E-state index in [1.807, 2.05) is 0 Å². The van der Waals surface area contributed by atoms with Crippen molar-refractivity contribution in [3.63, 3.8) is 0 Å². The lowest BCUT2D eigenvalue weighted by molar-refractivity contribution is -0.137. The average molecular weight is 398 g/mol. The van der Waals surface area contributed by atoms with E-state index >= 15 is 0 Å². The maximum atomic E-state index is 12.8. The predicted octanol–water partition coefficient (Wildman–Crippen LogP) is 2.94. The highest BCUT2D eigenvalue weighted by Crippen LogP contribution is 2.30. The van der Waals surface area contributed by atoms with Gasteiger partial charge in [-0.1, -0.05) is 18.2 Å². The second kappa shape index (κ2) is 6.95. The highest BCUT2D eigenvalue weighted by Gasteiger charge is 2.30. The van der Waals surface area contributed by atoms with Crippen LogP contribution >= 0.6 is 0 Å². The van der Waals surface area contributed by atoms with E-state index in [2.05, 4.69) is 9.82 Å². The summed E-state index contributed by atoms with van der Waals surface area (Å²) in [5, 5.41) is 5.11. The lowest BCUT2D eigenvalue weighted by Crippen LogP contribution is -2.35. The Morgan fingerprint density at radius 1 is 1.07 bits per heavy atom. The molecule has 1 aromatic heterocycles. The van der Waals surface area contributed by atoms with Gasteiger partial charge in [-0.05, 0) is 30.3 Å². The molecule has 2 aromatic carbocycles. The SMILES string of the molecule is CN(C)S(=O)(=O)NCc1nn(-c2ccc(C(F)(F)F)cc2)c2ccccc12. The normalized spacial score (nSPS) is 12.8. The molecule has 0 amide bonds. The molecule has 0 aliphatic rings. The van der Waals surface area contributed by atoms with Gasteiger partial charge in [0.1, 0.15) is 0 Å². The Balaban J connectivity index is 2.00. The molecule has 0 fully saturated rings. The van der Waals surface area contributed by atoms with Gasteiger partial charge in [-0.15, -0.1) is 0 Å². The summed E-state index contributed by atoms with van der Waals surface area (Å²) >= 11 is 0. The quantitative estimate of drug-likeness (QED) is 0.719. The van der Waals surface area contributed by atoms with Gasteiger partial charge in [-0.3, -0.25) is 0 Å². The van der Waals surface area contributed by atoms with Crippen molar-refractivity contribution >= 4 is 21.1 Å². The van der Waals surface area contributed by atoms with Crippen molar-refractivity contribution in [1.82, 2.24) is 18.8 Å². The van der Waals surface area contributed by atoms with E-state index < -0.39 is 21.9 Å². The number of nitrogens with zero attached hydrogens (tertiary/aromatic N) is 3. The van der Waals surface area contributed by atoms with Crippen molar-refractivity contribution < 1.29 is 21.6 Å². The number of rotatable bonds is 5. The molecule has 0 aliphatic carbocycles. The monoisotopic (exact) mass is 398 g/mol. The Kier molecular flexibility index (Phi) is 4.98. The Morgan fingerprint density at radius 3 is 2.30 bits per heavy atom. The standard InChI is InChI=1S/C17H17F3N4O2S/c1-23(2)27(25,26)21-11-15-14-5-3-4-6-16(14)24(22-15)13-9-7-12(8-10-13)17(18,19)20/h3-10,21H,11H2,1-2H3. The van der Waals surface area contributed by atoms with Gasteiger partial charge in [-0.25, -0.2) is 4.68 Å². The molecule has 144 valence electrons. The average Bonchev–Trinajstić information content (AvgIpc) is 2.98. The third-order valence-electron chi connectivity index (χ3n) is 4.01. The Bertz CT molecular complexity index is 1060. The molecule has 1 heterocycles. The molecule has 0 saturated heterocycles. The Labute approximate surface area is 154 Å². The number of fused-ring (bicyclic) bond motifs is 1. The maximum Gasteiger partial charge on any atom is 0.416 e. The molecular formula is C17H17F3N4O2S. The van der Waals surface area contributed by atoms with E-state index in [9.17, 15) is 21.6 Å². The van der Waals surface area contributed by atoms with Gasteiger partial charge in [0.2, 0.25) is 0 Å². The van der Waals surface area contributed by atoms with Gasteiger partial charge in [0, 0.05) is 19.5 Å². The van der Waals surface area contributed by atoms with Gasteiger partial charge in [-0.2, -0.15) is 35.7 Å². The smallest absolute Gasteiger partial charge is 0.233 e. The largest absolute Gasteiger partial charge is 0.416 e. The maximum absolute atomic E-state index is 12.8. The van der Waals surface area contributed by atoms with Gasteiger partial charge >= 0.3 is 6.18 Å². The van der Waals surface area contributed by atoms with Crippen LogP contribution in [0, 0.1) is 0 Å². The summed E-state index contributed by atoms with van der Waals surface area (Å²) in [6.07, 6.45) is -4.42. The molecule has 0 saturated carbocycles. The van der Waals surface area contributed by atoms with Crippen LogP contribution in [0.2, 0.25) is 0 Å². The van der Waals surface area contributed by atoms with Crippen molar-refractivity contribution in [2.24, 2.45) is 0 Å². The third-order valence-corrected chi connectivity index (χ3v) is 5.48. The number of hydrogen-bond acceptors (Lipinski definition) is 3. The van der Waals surface area contributed by atoms with Gasteiger partial charge in [0.15, 0.2) is 0 Å². The highest BCUT2D eigenvalue weighted by molar-refractivity contribution is 7.87. The second-order valence-corrected chi connectivity index (χ2v) is 8.00. The summed E-state index contributed by atoms with van der Waals surface area (Å²) in [6.45, 7) is -0.0470. The molecule has 3 rings (SSSR count). The van der Waals surface area contributed by atoms with Crippen LogP contribution in [-0.2, 0) is 22.9 Å². The van der Waals surface area contributed by atoms with Crippen LogP contribution in [0.15, 0.2) is 48.5 Å². The first-order chi connectivity index (χ1) is 12.6. The molecule has 0 aliphatic heterocycles. The predicted molar refractivity (Wildman–Crippen MR) is 95.5 cm³/mol. The van der Waals surface area contributed by atoms with Crippen molar-refractivity contribution in [3.8, 4) is 5.69 Å². The molecule has 10 heteroatoms. The minimum Gasteiger partial charge on any atom is -0.233 e. The number of para-hydroxylation sites is 1. The minimum atomic E-state index is -4.42. The first kappa shape index (κ1) is 19.3. The van der Waals surface area contributed by atoms with Crippen molar-refractivity contribution in [1.29, 1.82) is 0 Å². The fourth-order valence-corrected chi connectivity index (χ4v) is 3.12. The number of halogens is 3. The molecule has 0 bridgehead atoms. The second-order valence-electron chi connectivity index (χ2n) is 6.03. The van der Waals surface area contributed by atoms with Crippen molar-refractivity contribution in [2.75, 3.05) is 14.1 Å². The molecule has 0 atom stereocenters. The first-order valence-electron chi connectivity index (χ1n) is 7.91. The van der Waals surface area contributed by atoms with E-state index in [0.717, 1.165) is 16.4 Å².